The molecular weight excluding hydrogens is 257 g/mol. The summed E-state index contributed by atoms with van der Waals surface area (Å²) in [5.41, 5.74) is 6.11. The van der Waals surface area contributed by atoms with E-state index in [-0.39, 0.29) is 5.75 Å². The second-order valence-corrected chi connectivity index (χ2v) is 4.98. The summed E-state index contributed by atoms with van der Waals surface area (Å²) in [5.74, 6) is 0.757. The fourth-order valence-electron chi connectivity index (χ4n) is 2.05. The number of benzene rings is 1. The van der Waals surface area contributed by atoms with E-state index in [1.807, 2.05) is 6.92 Å². The molecule has 1 atom stereocenters. The van der Waals surface area contributed by atoms with E-state index in [1.165, 1.54) is 18.9 Å². The van der Waals surface area contributed by atoms with Crippen molar-refractivity contribution in [3.8, 4) is 11.5 Å². The number of anilines is 1. The van der Waals surface area contributed by atoms with Crippen molar-refractivity contribution in [2.45, 2.75) is 46.5 Å². The van der Waals surface area contributed by atoms with Crippen LogP contribution in [0.2, 0.25) is 0 Å². The number of unbranched alkanes of at least 4 members (excludes halogenated alkanes) is 1. The number of rotatable bonds is 9. The highest BCUT2D eigenvalue weighted by molar-refractivity contribution is 5.56. The van der Waals surface area contributed by atoms with Crippen LogP contribution in [-0.4, -0.2) is 13.2 Å². The summed E-state index contributed by atoms with van der Waals surface area (Å²) in [6.45, 7) is 7.17. The third-order valence-electron chi connectivity index (χ3n) is 3.38. The van der Waals surface area contributed by atoms with Crippen LogP contribution in [0.3, 0.4) is 0 Å². The lowest BCUT2D eigenvalue weighted by atomic mass is 10.0. The van der Waals surface area contributed by atoms with Gasteiger partial charge >= 0.3 is 0 Å². The van der Waals surface area contributed by atoms with E-state index in [1.54, 1.807) is 6.07 Å². The molecule has 4 heteroatoms. The van der Waals surface area contributed by atoms with Crippen molar-refractivity contribution >= 4 is 5.69 Å². The molecule has 0 aliphatic rings. The molecule has 1 aromatic rings. The Bertz CT molecular complexity index is 410. The number of halogens is 1. The van der Waals surface area contributed by atoms with Gasteiger partial charge in [0.1, 0.15) is 5.75 Å². The van der Waals surface area contributed by atoms with Crippen LogP contribution < -0.4 is 15.2 Å². The molecule has 114 valence electrons. The maximum absolute atomic E-state index is 13.6. The van der Waals surface area contributed by atoms with Gasteiger partial charge in [-0.2, -0.15) is 0 Å². The van der Waals surface area contributed by atoms with Crippen molar-refractivity contribution in [2.24, 2.45) is 5.92 Å². The Hall–Kier alpha value is -1.45. The summed E-state index contributed by atoms with van der Waals surface area (Å²) in [6, 6.07) is 2.80. The third kappa shape index (κ3) is 4.91. The third-order valence-corrected chi connectivity index (χ3v) is 3.38. The van der Waals surface area contributed by atoms with Crippen LogP contribution in [0.15, 0.2) is 12.1 Å². The van der Waals surface area contributed by atoms with Gasteiger partial charge < -0.3 is 15.2 Å². The average molecular weight is 283 g/mol. The molecule has 0 saturated carbocycles. The van der Waals surface area contributed by atoms with E-state index in [4.69, 9.17) is 15.2 Å². The summed E-state index contributed by atoms with van der Waals surface area (Å²) in [4.78, 5) is 0. The average Bonchev–Trinajstić information content (AvgIpc) is 2.43. The molecule has 3 nitrogen and oxygen atoms in total. The lowest BCUT2D eigenvalue weighted by Crippen LogP contribution is -2.12. The maximum Gasteiger partial charge on any atom is 0.167 e. The molecule has 1 unspecified atom stereocenters. The van der Waals surface area contributed by atoms with Crippen LogP contribution in [0.25, 0.3) is 0 Å². The smallest absolute Gasteiger partial charge is 0.167 e. The topological polar surface area (TPSA) is 44.5 Å². The SMILES string of the molecule is CCCCC(CC)COc1cc(OCC)c(F)cc1N. The lowest BCUT2D eigenvalue weighted by molar-refractivity contribution is 0.232. The van der Waals surface area contributed by atoms with Gasteiger partial charge in [-0.15, -0.1) is 0 Å². The van der Waals surface area contributed by atoms with Crippen molar-refractivity contribution in [1.29, 1.82) is 0 Å². The van der Waals surface area contributed by atoms with Crippen LogP contribution in [0.5, 0.6) is 11.5 Å². The Morgan fingerprint density at radius 3 is 2.50 bits per heavy atom. The molecule has 0 heterocycles. The number of ether oxygens (including phenoxy) is 2. The van der Waals surface area contributed by atoms with Crippen molar-refractivity contribution in [3.63, 3.8) is 0 Å². The molecule has 0 saturated heterocycles. The van der Waals surface area contributed by atoms with E-state index in [9.17, 15) is 4.39 Å². The molecule has 0 amide bonds. The first kappa shape index (κ1) is 16.6. The minimum atomic E-state index is -0.449. The van der Waals surface area contributed by atoms with Crippen LogP contribution in [-0.2, 0) is 0 Å². The van der Waals surface area contributed by atoms with E-state index in [0.717, 1.165) is 12.8 Å². The van der Waals surface area contributed by atoms with Gasteiger partial charge in [0.2, 0.25) is 0 Å². The summed E-state index contributed by atoms with van der Waals surface area (Å²) >= 11 is 0. The van der Waals surface area contributed by atoms with Crippen molar-refractivity contribution < 1.29 is 13.9 Å². The minimum Gasteiger partial charge on any atom is -0.491 e. The molecule has 0 bridgehead atoms. The molecule has 0 radical (unpaired) electrons. The normalized spacial score (nSPS) is 12.2. The Labute approximate surface area is 121 Å². The van der Waals surface area contributed by atoms with Crippen LogP contribution >= 0.6 is 0 Å². The number of hydrogen-bond donors (Lipinski definition) is 1. The van der Waals surface area contributed by atoms with E-state index >= 15 is 0 Å². The fraction of sp³-hybridized carbons (Fsp3) is 0.625. The van der Waals surface area contributed by atoms with Gasteiger partial charge in [-0.3, -0.25) is 0 Å². The summed E-state index contributed by atoms with van der Waals surface area (Å²) in [6.07, 6.45) is 4.60. The van der Waals surface area contributed by atoms with E-state index < -0.39 is 5.82 Å². The second kappa shape index (κ2) is 8.67. The lowest BCUT2D eigenvalue weighted by Gasteiger charge is -2.17. The molecule has 2 N–H and O–H groups in total. The van der Waals surface area contributed by atoms with Gasteiger partial charge in [0.15, 0.2) is 11.6 Å². The standard InChI is InChI=1S/C16H26FNO2/c1-4-7-8-12(5-2)11-20-16-10-15(19-6-3)13(17)9-14(16)18/h9-10,12H,4-8,11,18H2,1-3H3. The summed E-state index contributed by atoms with van der Waals surface area (Å²) in [7, 11) is 0. The van der Waals surface area contributed by atoms with Crippen LogP contribution in [0.4, 0.5) is 10.1 Å². The predicted octanol–water partition coefficient (Wildman–Crippen LogP) is 4.40. The minimum absolute atomic E-state index is 0.193. The molecule has 0 spiro atoms. The van der Waals surface area contributed by atoms with Crippen LogP contribution in [0, 0.1) is 11.7 Å². The van der Waals surface area contributed by atoms with Crippen molar-refractivity contribution in [1.82, 2.24) is 0 Å². The highest BCUT2D eigenvalue weighted by Gasteiger charge is 2.12. The molecular formula is C16H26FNO2. The molecule has 0 aromatic heterocycles. The summed E-state index contributed by atoms with van der Waals surface area (Å²) < 4.78 is 24.6. The zero-order valence-electron chi connectivity index (χ0n) is 12.7. The van der Waals surface area contributed by atoms with Gasteiger partial charge in [0, 0.05) is 12.1 Å². The monoisotopic (exact) mass is 283 g/mol. The highest BCUT2D eigenvalue weighted by Crippen LogP contribution is 2.31. The van der Waals surface area contributed by atoms with E-state index in [0.29, 0.717) is 30.6 Å². The van der Waals surface area contributed by atoms with Gasteiger partial charge in [0.05, 0.1) is 18.9 Å². The van der Waals surface area contributed by atoms with Crippen molar-refractivity contribution in [3.05, 3.63) is 17.9 Å². The zero-order valence-corrected chi connectivity index (χ0v) is 12.7. The van der Waals surface area contributed by atoms with Gasteiger partial charge in [-0.25, -0.2) is 4.39 Å². The van der Waals surface area contributed by atoms with Crippen LogP contribution in [0.1, 0.15) is 46.5 Å². The van der Waals surface area contributed by atoms with Gasteiger partial charge in [-0.05, 0) is 19.3 Å². The molecule has 0 fully saturated rings. The van der Waals surface area contributed by atoms with Gasteiger partial charge in [-0.1, -0.05) is 33.1 Å². The van der Waals surface area contributed by atoms with E-state index in [2.05, 4.69) is 13.8 Å². The molecule has 1 aromatic carbocycles. The second-order valence-electron chi connectivity index (χ2n) is 4.98. The Morgan fingerprint density at radius 1 is 1.15 bits per heavy atom. The quantitative estimate of drug-likeness (QED) is 0.683. The molecule has 0 aliphatic carbocycles. The fourth-order valence-corrected chi connectivity index (χ4v) is 2.05. The Balaban J connectivity index is 2.68. The highest BCUT2D eigenvalue weighted by atomic mass is 19.1. The first-order valence-corrected chi connectivity index (χ1v) is 7.46. The summed E-state index contributed by atoms with van der Waals surface area (Å²) in [5, 5.41) is 0. The Kier molecular flexibility index (Phi) is 7.20. The zero-order chi connectivity index (χ0) is 15.0. The number of hydrogen-bond acceptors (Lipinski definition) is 3. The molecule has 20 heavy (non-hydrogen) atoms. The Morgan fingerprint density at radius 2 is 1.90 bits per heavy atom. The first-order valence-electron chi connectivity index (χ1n) is 7.46. The molecule has 0 aliphatic heterocycles. The largest absolute Gasteiger partial charge is 0.491 e. The number of nitrogens with two attached hydrogens (primary N) is 1. The number of nitrogen functional groups attached to an aromatic ring is 1. The molecule has 1 rings (SSSR count). The maximum atomic E-state index is 13.6. The van der Waals surface area contributed by atoms with Gasteiger partial charge in [0.25, 0.3) is 0 Å². The predicted molar refractivity (Wildman–Crippen MR) is 80.8 cm³/mol. The first-order chi connectivity index (χ1) is 9.62. The van der Waals surface area contributed by atoms with Crippen molar-refractivity contribution in [2.75, 3.05) is 18.9 Å².